The predicted octanol–water partition coefficient (Wildman–Crippen LogP) is 1.82. The minimum absolute atomic E-state index is 0.110. The number of hydrogen-bond acceptors (Lipinski definition) is 6. The highest BCUT2D eigenvalue weighted by Crippen LogP contribution is 2.23. The molecule has 0 fully saturated rings. The van der Waals surface area contributed by atoms with Crippen LogP contribution < -0.4 is 16.2 Å². The Bertz CT molecular complexity index is 950. The second kappa shape index (κ2) is 8.92. The first-order valence-electron chi connectivity index (χ1n) is 8.38. The number of hydrogen-bond donors (Lipinski definition) is 4. The number of fused-ring (bicyclic) bond motifs is 1. The molecule has 1 heterocycles. The van der Waals surface area contributed by atoms with E-state index in [1.165, 1.54) is 6.08 Å². The zero-order valence-corrected chi connectivity index (χ0v) is 16.9. The van der Waals surface area contributed by atoms with Gasteiger partial charge in [0.1, 0.15) is 12.4 Å². The molecule has 4 N–H and O–H groups in total. The SMILES string of the molecule is CC(C)N/C=C\C(=N)NC(=O)Cn1nc(C(C)O)c2cc(Br)ccc2c1=O. The third-order valence-corrected chi connectivity index (χ3v) is 4.09. The lowest BCUT2D eigenvalue weighted by molar-refractivity contribution is -0.120. The van der Waals surface area contributed by atoms with Crippen molar-refractivity contribution >= 4 is 38.4 Å². The summed E-state index contributed by atoms with van der Waals surface area (Å²) < 4.78 is 1.75. The van der Waals surface area contributed by atoms with Crippen LogP contribution in [0.25, 0.3) is 10.8 Å². The molecule has 1 unspecified atom stereocenters. The van der Waals surface area contributed by atoms with E-state index < -0.39 is 17.6 Å². The molecule has 0 bridgehead atoms. The maximum absolute atomic E-state index is 12.6. The van der Waals surface area contributed by atoms with Crippen molar-refractivity contribution in [3.05, 3.63) is 51.0 Å². The summed E-state index contributed by atoms with van der Waals surface area (Å²) in [6.45, 7) is 5.07. The Morgan fingerprint density at radius 2 is 2.07 bits per heavy atom. The number of halogens is 1. The van der Waals surface area contributed by atoms with E-state index in [-0.39, 0.29) is 18.4 Å². The van der Waals surface area contributed by atoms with Crippen LogP contribution in [0.2, 0.25) is 0 Å². The lowest BCUT2D eigenvalue weighted by Gasteiger charge is -2.13. The Hall–Kier alpha value is -2.52. The molecule has 0 saturated heterocycles. The molecule has 1 aromatic carbocycles. The van der Waals surface area contributed by atoms with E-state index in [1.54, 1.807) is 31.3 Å². The Morgan fingerprint density at radius 1 is 1.37 bits per heavy atom. The monoisotopic (exact) mass is 435 g/mol. The van der Waals surface area contributed by atoms with Crippen LogP contribution in [0, 0.1) is 5.41 Å². The fourth-order valence-corrected chi connectivity index (χ4v) is 2.75. The van der Waals surface area contributed by atoms with Crippen molar-refractivity contribution in [2.24, 2.45) is 0 Å². The maximum atomic E-state index is 12.6. The number of amides is 1. The van der Waals surface area contributed by atoms with Gasteiger partial charge in [0.15, 0.2) is 0 Å². The van der Waals surface area contributed by atoms with Crippen LogP contribution in [0.1, 0.15) is 32.6 Å². The minimum atomic E-state index is -0.917. The number of nitrogens with zero attached hydrogens (tertiary/aromatic N) is 2. The standard InChI is InChI=1S/C18H22BrN5O3/c1-10(2)21-7-6-15(20)22-16(26)9-24-18(27)13-5-4-12(19)8-14(13)17(23-24)11(3)25/h4-8,10-11,21,25H,9H2,1-3H3,(H2,20,22,26)/b7-6-. The fourth-order valence-electron chi connectivity index (χ4n) is 2.39. The lowest BCUT2D eigenvalue weighted by Crippen LogP contribution is -2.36. The van der Waals surface area contributed by atoms with Crippen LogP contribution in [0.3, 0.4) is 0 Å². The smallest absolute Gasteiger partial charge is 0.275 e. The quantitative estimate of drug-likeness (QED) is 0.407. The number of aromatic nitrogens is 2. The molecule has 8 nitrogen and oxygen atoms in total. The second-order valence-electron chi connectivity index (χ2n) is 6.33. The summed E-state index contributed by atoms with van der Waals surface area (Å²) >= 11 is 3.34. The number of rotatable bonds is 6. The van der Waals surface area contributed by atoms with Gasteiger partial charge >= 0.3 is 0 Å². The van der Waals surface area contributed by atoms with Crippen molar-refractivity contribution < 1.29 is 9.90 Å². The molecule has 0 aliphatic carbocycles. The van der Waals surface area contributed by atoms with Gasteiger partial charge in [-0.2, -0.15) is 5.10 Å². The van der Waals surface area contributed by atoms with Crippen molar-refractivity contribution in [2.45, 2.75) is 39.5 Å². The molecule has 1 amide bonds. The van der Waals surface area contributed by atoms with E-state index in [1.807, 2.05) is 13.8 Å². The number of aliphatic hydroxyl groups excluding tert-OH is 1. The first kappa shape index (κ1) is 20.8. The Kier molecular flexibility index (Phi) is 6.86. The maximum Gasteiger partial charge on any atom is 0.275 e. The van der Waals surface area contributed by atoms with Gasteiger partial charge in [0.05, 0.1) is 17.2 Å². The molecular formula is C18H22BrN5O3. The number of carbonyl (C=O) groups excluding carboxylic acids is 1. The molecule has 27 heavy (non-hydrogen) atoms. The van der Waals surface area contributed by atoms with Gasteiger partial charge in [-0.05, 0) is 45.0 Å². The lowest BCUT2D eigenvalue weighted by atomic mass is 10.1. The van der Waals surface area contributed by atoms with Crippen LogP contribution in [-0.4, -0.2) is 32.7 Å². The second-order valence-corrected chi connectivity index (χ2v) is 7.25. The molecule has 9 heteroatoms. The summed E-state index contributed by atoms with van der Waals surface area (Å²) in [4.78, 5) is 24.8. The summed E-state index contributed by atoms with van der Waals surface area (Å²) in [6.07, 6.45) is 2.06. The molecule has 1 atom stereocenters. The molecule has 2 aromatic rings. The van der Waals surface area contributed by atoms with Gasteiger partial charge in [-0.3, -0.25) is 15.0 Å². The molecule has 0 radical (unpaired) electrons. The summed E-state index contributed by atoms with van der Waals surface area (Å²) in [5.74, 6) is -0.668. The number of aliphatic hydroxyl groups is 1. The number of carbonyl (C=O) groups is 1. The van der Waals surface area contributed by atoms with Crippen LogP contribution in [0.15, 0.2) is 39.7 Å². The third-order valence-electron chi connectivity index (χ3n) is 3.59. The van der Waals surface area contributed by atoms with Crippen LogP contribution in [-0.2, 0) is 11.3 Å². The zero-order valence-electron chi connectivity index (χ0n) is 15.3. The van der Waals surface area contributed by atoms with Crippen molar-refractivity contribution in [1.82, 2.24) is 20.4 Å². The molecule has 0 aliphatic heterocycles. The van der Waals surface area contributed by atoms with Gasteiger partial charge in [0.25, 0.3) is 5.56 Å². The summed E-state index contributed by atoms with van der Waals surface area (Å²) in [5.41, 5.74) is -0.143. The van der Waals surface area contributed by atoms with Crippen LogP contribution in [0.4, 0.5) is 0 Å². The van der Waals surface area contributed by atoms with Gasteiger partial charge in [0, 0.05) is 22.1 Å². The molecule has 2 rings (SSSR count). The van der Waals surface area contributed by atoms with Gasteiger partial charge in [0.2, 0.25) is 5.91 Å². The molecule has 1 aromatic heterocycles. The Balaban J connectivity index is 2.26. The molecule has 0 spiro atoms. The number of amidine groups is 1. The Labute approximate surface area is 164 Å². The van der Waals surface area contributed by atoms with Crippen LogP contribution in [0.5, 0.6) is 0 Å². The summed E-state index contributed by atoms with van der Waals surface area (Å²) in [6, 6.07) is 5.25. The van der Waals surface area contributed by atoms with Gasteiger partial charge in [-0.25, -0.2) is 4.68 Å². The average molecular weight is 436 g/mol. The highest BCUT2D eigenvalue weighted by molar-refractivity contribution is 9.10. The van der Waals surface area contributed by atoms with E-state index in [0.717, 1.165) is 9.15 Å². The number of nitrogens with one attached hydrogen (secondary N) is 3. The summed E-state index contributed by atoms with van der Waals surface area (Å²) in [7, 11) is 0. The van der Waals surface area contributed by atoms with Crippen molar-refractivity contribution in [3.63, 3.8) is 0 Å². The molecular weight excluding hydrogens is 414 g/mol. The van der Waals surface area contributed by atoms with Gasteiger partial charge in [-0.1, -0.05) is 15.9 Å². The van der Waals surface area contributed by atoms with E-state index in [0.29, 0.717) is 16.5 Å². The van der Waals surface area contributed by atoms with E-state index in [2.05, 4.69) is 31.7 Å². The third kappa shape index (κ3) is 5.48. The molecule has 0 saturated carbocycles. The summed E-state index contributed by atoms with van der Waals surface area (Å²) in [5, 5.41) is 28.1. The zero-order chi connectivity index (χ0) is 20.1. The molecule has 0 aliphatic rings. The van der Waals surface area contributed by atoms with Gasteiger partial charge in [-0.15, -0.1) is 0 Å². The first-order chi connectivity index (χ1) is 12.7. The first-order valence-corrected chi connectivity index (χ1v) is 9.17. The largest absolute Gasteiger partial charge is 0.389 e. The van der Waals surface area contributed by atoms with E-state index in [9.17, 15) is 14.7 Å². The fraction of sp³-hybridized carbons (Fsp3) is 0.333. The molecule has 144 valence electrons. The van der Waals surface area contributed by atoms with Crippen molar-refractivity contribution in [3.8, 4) is 0 Å². The highest BCUT2D eigenvalue weighted by Gasteiger charge is 2.16. The van der Waals surface area contributed by atoms with Gasteiger partial charge < -0.3 is 15.7 Å². The average Bonchev–Trinajstić information content (AvgIpc) is 2.56. The van der Waals surface area contributed by atoms with E-state index in [4.69, 9.17) is 5.41 Å². The van der Waals surface area contributed by atoms with Crippen LogP contribution >= 0.6 is 15.9 Å². The minimum Gasteiger partial charge on any atom is -0.389 e. The Morgan fingerprint density at radius 3 is 2.70 bits per heavy atom. The topological polar surface area (TPSA) is 120 Å². The normalized spacial score (nSPS) is 12.5. The van der Waals surface area contributed by atoms with Crippen molar-refractivity contribution in [1.29, 1.82) is 5.41 Å². The number of benzene rings is 1. The van der Waals surface area contributed by atoms with E-state index >= 15 is 0 Å². The van der Waals surface area contributed by atoms with Crippen molar-refractivity contribution in [2.75, 3.05) is 0 Å². The predicted molar refractivity (Wildman–Crippen MR) is 108 cm³/mol. The highest BCUT2D eigenvalue weighted by atomic mass is 79.9.